The fourth-order valence-electron chi connectivity index (χ4n) is 4.43. The predicted octanol–water partition coefficient (Wildman–Crippen LogP) is 6.54. The van der Waals surface area contributed by atoms with Crippen LogP contribution in [0.3, 0.4) is 0 Å². The summed E-state index contributed by atoms with van der Waals surface area (Å²) >= 11 is 0. The van der Waals surface area contributed by atoms with Gasteiger partial charge < -0.3 is 0 Å². The molecule has 0 atom stereocenters. The molecule has 3 aromatic carbocycles. The van der Waals surface area contributed by atoms with Crippen molar-refractivity contribution in [3.63, 3.8) is 0 Å². The highest BCUT2D eigenvalue weighted by Gasteiger charge is 2.21. The van der Waals surface area contributed by atoms with Crippen molar-refractivity contribution in [2.45, 2.75) is 41.5 Å². The minimum absolute atomic E-state index is 0.960. The van der Waals surface area contributed by atoms with Crippen LogP contribution in [0.4, 0.5) is 0 Å². The third kappa shape index (κ3) is 3.91. The largest absolute Gasteiger partial charge is 0.335 e. The first kappa shape index (κ1) is 20.0. The first-order valence-corrected chi connectivity index (χ1v) is 10.5. The van der Waals surface area contributed by atoms with Gasteiger partial charge in [-0.2, -0.15) is 4.57 Å². The molecule has 0 saturated heterocycles. The summed E-state index contributed by atoms with van der Waals surface area (Å²) in [5.41, 5.74) is 12.2. The zero-order valence-corrected chi connectivity index (χ0v) is 18.7. The highest BCUT2D eigenvalue weighted by Crippen LogP contribution is 2.28. The highest BCUT2D eigenvalue weighted by molar-refractivity contribution is 5.69. The molecule has 0 amide bonds. The molecule has 1 aromatic heterocycles. The summed E-state index contributed by atoms with van der Waals surface area (Å²) < 4.78 is 2.25. The van der Waals surface area contributed by atoms with E-state index in [2.05, 4.69) is 107 Å². The van der Waals surface area contributed by atoms with E-state index < -0.39 is 0 Å². The molecular weight excluding hydrogens is 364 g/mol. The Hall–Kier alpha value is -3.26. The van der Waals surface area contributed by atoms with Crippen LogP contribution in [0.5, 0.6) is 0 Å². The number of hydrogen-bond donors (Lipinski definition) is 0. The van der Waals surface area contributed by atoms with Crippen molar-refractivity contribution in [1.82, 2.24) is 4.98 Å². The highest BCUT2D eigenvalue weighted by atomic mass is 15.0. The topological polar surface area (TPSA) is 16.8 Å². The van der Waals surface area contributed by atoms with Crippen molar-refractivity contribution in [1.29, 1.82) is 0 Å². The third-order valence-electron chi connectivity index (χ3n) is 5.56. The van der Waals surface area contributed by atoms with Crippen LogP contribution in [0.15, 0.2) is 67.0 Å². The van der Waals surface area contributed by atoms with E-state index in [1.54, 1.807) is 0 Å². The molecule has 0 radical (unpaired) electrons. The average molecular weight is 394 g/mol. The Morgan fingerprint density at radius 1 is 0.633 bits per heavy atom. The molecule has 0 aliphatic carbocycles. The van der Waals surface area contributed by atoms with Gasteiger partial charge >= 0.3 is 5.82 Å². The summed E-state index contributed by atoms with van der Waals surface area (Å²) in [7, 11) is 0. The SMILES string of the molecule is Cc1cc(C)cc(-c2ncc(-c3c(C)cccc3C)c[n+]2-c2cc(C)cc(C)c2)c1. The van der Waals surface area contributed by atoms with E-state index in [9.17, 15) is 0 Å². The molecule has 30 heavy (non-hydrogen) atoms. The average Bonchev–Trinajstić information content (AvgIpc) is 2.66. The molecule has 0 N–H and O–H groups in total. The van der Waals surface area contributed by atoms with E-state index in [4.69, 9.17) is 4.98 Å². The first-order valence-electron chi connectivity index (χ1n) is 10.5. The maximum Gasteiger partial charge on any atom is 0.335 e. The van der Waals surface area contributed by atoms with E-state index in [-0.39, 0.29) is 0 Å². The van der Waals surface area contributed by atoms with Crippen LogP contribution in [0, 0.1) is 41.5 Å². The van der Waals surface area contributed by atoms with Crippen LogP contribution in [-0.2, 0) is 0 Å². The summed E-state index contributed by atoms with van der Waals surface area (Å²) in [5.74, 6) is 0.960. The lowest BCUT2D eigenvalue weighted by Gasteiger charge is -2.12. The molecule has 0 bridgehead atoms. The number of aromatic nitrogens is 2. The second kappa shape index (κ2) is 7.87. The molecule has 0 fully saturated rings. The van der Waals surface area contributed by atoms with Crippen LogP contribution in [-0.4, -0.2) is 4.98 Å². The van der Waals surface area contributed by atoms with Crippen LogP contribution in [0.25, 0.3) is 28.2 Å². The summed E-state index contributed by atoms with van der Waals surface area (Å²) in [5, 5.41) is 0. The van der Waals surface area contributed by atoms with Crippen LogP contribution >= 0.6 is 0 Å². The third-order valence-corrected chi connectivity index (χ3v) is 5.56. The minimum atomic E-state index is 0.960. The van der Waals surface area contributed by atoms with E-state index in [1.807, 2.05) is 6.20 Å². The number of rotatable bonds is 3. The Morgan fingerprint density at radius 3 is 1.73 bits per heavy atom. The summed E-state index contributed by atoms with van der Waals surface area (Å²) in [6.07, 6.45) is 4.25. The molecule has 0 aliphatic heterocycles. The molecule has 0 aliphatic rings. The molecular formula is C28H29N2+. The standard InChI is InChI=1S/C28H29N2/c1-18-10-19(2)13-24(12-18)28-29-16-25(27-22(5)8-7-9-23(27)6)17-30(28)26-14-20(3)11-21(4)15-26/h7-17H,1-6H3/q+1. The second-order valence-electron chi connectivity index (χ2n) is 8.53. The van der Waals surface area contributed by atoms with Crippen molar-refractivity contribution in [3.8, 4) is 28.2 Å². The van der Waals surface area contributed by atoms with Gasteiger partial charge in [-0.15, -0.1) is 0 Å². The normalized spacial score (nSPS) is 11.0. The Morgan fingerprint density at radius 2 is 1.17 bits per heavy atom. The van der Waals surface area contributed by atoms with Crippen molar-refractivity contribution in [2.75, 3.05) is 0 Å². The number of benzene rings is 3. The van der Waals surface area contributed by atoms with Gasteiger partial charge in [-0.25, -0.2) is 0 Å². The van der Waals surface area contributed by atoms with E-state index in [0.29, 0.717) is 0 Å². The van der Waals surface area contributed by atoms with Crippen LogP contribution < -0.4 is 4.57 Å². The van der Waals surface area contributed by atoms with Gasteiger partial charge in [0.2, 0.25) is 0 Å². The summed E-state index contributed by atoms with van der Waals surface area (Å²) in [6.45, 7) is 12.9. The smallest absolute Gasteiger partial charge is 0.195 e. The molecule has 2 heteroatoms. The molecule has 4 aromatic rings. The molecule has 0 spiro atoms. The summed E-state index contributed by atoms with van der Waals surface area (Å²) in [4.78, 5) is 4.99. The number of hydrogen-bond acceptors (Lipinski definition) is 1. The zero-order chi connectivity index (χ0) is 21.4. The first-order chi connectivity index (χ1) is 14.3. The number of aryl methyl sites for hydroxylation is 6. The predicted molar refractivity (Wildman–Crippen MR) is 125 cm³/mol. The monoisotopic (exact) mass is 393 g/mol. The fourth-order valence-corrected chi connectivity index (χ4v) is 4.43. The molecule has 4 rings (SSSR count). The van der Waals surface area contributed by atoms with E-state index in [0.717, 1.165) is 22.6 Å². The van der Waals surface area contributed by atoms with Gasteiger partial charge in [0.1, 0.15) is 11.9 Å². The maximum absolute atomic E-state index is 4.99. The van der Waals surface area contributed by atoms with Gasteiger partial charge in [0.25, 0.3) is 0 Å². The molecule has 0 unspecified atom stereocenters. The van der Waals surface area contributed by atoms with Gasteiger partial charge in [-0.05, 0) is 110 Å². The number of nitrogens with zero attached hydrogens (tertiary/aromatic N) is 2. The van der Waals surface area contributed by atoms with E-state index >= 15 is 0 Å². The molecule has 150 valence electrons. The Balaban J connectivity index is 2.01. The maximum atomic E-state index is 4.99. The van der Waals surface area contributed by atoms with Gasteiger partial charge in [0, 0.05) is 0 Å². The molecule has 1 heterocycles. The lowest BCUT2D eigenvalue weighted by Crippen LogP contribution is -2.35. The zero-order valence-electron chi connectivity index (χ0n) is 18.7. The quantitative estimate of drug-likeness (QED) is 0.361. The Bertz CT molecular complexity index is 1190. The molecule has 0 saturated carbocycles. The van der Waals surface area contributed by atoms with Crippen LogP contribution in [0.2, 0.25) is 0 Å². The lowest BCUT2D eigenvalue weighted by molar-refractivity contribution is -0.586. The van der Waals surface area contributed by atoms with Crippen molar-refractivity contribution in [3.05, 3.63) is 100 Å². The lowest BCUT2D eigenvalue weighted by atomic mass is 9.97. The Kier molecular flexibility index (Phi) is 5.26. The van der Waals surface area contributed by atoms with Crippen molar-refractivity contribution < 1.29 is 4.57 Å². The van der Waals surface area contributed by atoms with Crippen LogP contribution in [0.1, 0.15) is 33.4 Å². The minimum Gasteiger partial charge on any atom is -0.195 e. The van der Waals surface area contributed by atoms with Crippen molar-refractivity contribution in [2.24, 2.45) is 0 Å². The van der Waals surface area contributed by atoms with Gasteiger partial charge in [0.15, 0.2) is 6.20 Å². The van der Waals surface area contributed by atoms with Crippen molar-refractivity contribution >= 4 is 0 Å². The Labute approximate surface area is 179 Å². The second-order valence-corrected chi connectivity index (χ2v) is 8.53. The van der Waals surface area contributed by atoms with Gasteiger partial charge in [-0.3, -0.25) is 0 Å². The fraction of sp³-hybridized carbons (Fsp3) is 0.214. The van der Waals surface area contributed by atoms with Gasteiger partial charge in [-0.1, -0.05) is 30.3 Å². The van der Waals surface area contributed by atoms with E-state index in [1.165, 1.54) is 38.9 Å². The summed E-state index contributed by atoms with van der Waals surface area (Å²) in [6, 6.07) is 19.8. The van der Waals surface area contributed by atoms with Gasteiger partial charge in [0.05, 0.1) is 11.1 Å². The molecule has 2 nitrogen and oxygen atoms in total.